The summed E-state index contributed by atoms with van der Waals surface area (Å²) in [5, 5.41) is 3.14. The molecule has 0 aromatic heterocycles. The Balaban J connectivity index is 2.84. The van der Waals surface area contributed by atoms with Gasteiger partial charge in [-0.1, -0.05) is 0 Å². The highest BCUT2D eigenvalue weighted by molar-refractivity contribution is 5.82. The molecule has 0 spiro atoms. The van der Waals surface area contributed by atoms with Crippen molar-refractivity contribution in [2.45, 2.75) is 51.7 Å². The molecule has 4 nitrogen and oxygen atoms in total. The van der Waals surface area contributed by atoms with E-state index in [2.05, 4.69) is 31.0 Å². The second-order valence-corrected chi connectivity index (χ2v) is 5.33. The molecular weight excluding hydrogens is 214 g/mol. The first-order chi connectivity index (χ1) is 7.99. The predicted molar refractivity (Wildman–Crippen MR) is 71.0 cm³/mol. The third kappa shape index (κ3) is 3.42. The lowest BCUT2D eigenvalue weighted by molar-refractivity contribution is -0.136. The summed E-state index contributed by atoms with van der Waals surface area (Å²) in [6.07, 6.45) is 1.96. The van der Waals surface area contributed by atoms with Crippen LogP contribution in [0.2, 0.25) is 0 Å². The van der Waals surface area contributed by atoms with Crippen molar-refractivity contribution in [3.8, 4) is 0 Å². The number of nitrogens with one attached hydrogen (secondary N) is 1. The lowest BCUT2D eigenvalue weighted by Gasteiger charge is -2.33. The van der Waals surface area contributed by atoms with Gasteiger partial charge in [-0.15, -0.1) is 0 Å². The molecule has 0 saturated carbocycles. The summed E-state index contributed by atoms with van der Waals surface area (Å²) in [5.41, 5.74) is 0. The van der Waals surface area contributed by atoms with E-state index in [0.29, 0.717) is 12.1 Å². The van der Waals surface area contributed by atoms with E-state index < -0.39 is 0 Å². The van der Waals surface area contributed by atoms with E-state index in [-0.39, 0.29) is 11.9 Å². The van der Waals surface area contributed by atoms with Crippen molar-refractivity contribution in [2.24, 2.45) is 0 Å². The van der Waals surface area contributed by atoms with Crippen LogP contribution in [0.3, 0.4) is 0 Å². The normalized spacial score (nSPS) is 27.6. The molecule has 100 valence electrons. The van der Waals surface area contributed by atoms with Gasteiger partial charge in [0.25, 0.3) is 0 Å². The molecule has 2 atom stereocenters. The monoisotopic (exact) mass is 241 g/mol. The largest absolute Gasteiger partial charge is 0.342 e. The second kappa shape index (κ2) is 6.36. The van der Waals surface area contributed by atoms with Gasteiger partial charge < -0.3 is 10.2 Å². The van der Waals surface area contributed by atoms with E-state index in [0.717, 1.165) is 25.9 Å². The first-order valence-corrected chi connectivity index (χ1v) is 6.66. The highest BCUT2D eigenvalue weighted by atomic mass is 16.2. The number of likely N-dealkylation sites (N-methyl/N-ethyl adjacent to an activating group) is 1. The zero-order chi connectivity index (χ0) is 13.0. The van der Waals surface area contributed by atoms with Crippen LogP contribution in [0.4, 0.5) is 0 Å². The van der Waals surface area contributed by atoms with Crippen molar-refractivity contribution in [3.63, 3.8) is 0 Å². The van der Waals surface area contributed by atoms with Crippen LogP contribution in [-0.2, 0) is 4.79 Å². The van der Waals surface area contributed by atoms with Crippen LogP contribution in [0.25, 0.3) is 0 Å². The third-order valence-corrected chi connectivity index (χ3v) is 3.83. The molecule has 1 aliphatic heterocycles. The van der Waals surface area contributed by atoms with Crippen LogP contribution >= 0.6 is 0 Å². The van der Waals surface area contributed by atoms with Gasteiger partial charge in [-0.05, 0) is 47.2 Å². The molecule has 1 heterocycles. The fraction of sp³-hybridized carbons (Fsp3) is 0.923. The van der Waals surface area contributed by atoms with E-state index in [1.807, 2.05) is 19.0 Å². The topological polar surface area (TPSA) is 35.6 Å². The Morgan fingerprint density at radius 3 is 2.65 bits per heavy atom. The standard InChI is InChI=1S/C13H27N3O/c1-10(2)16-9-7-11(3)15(5)13(17)12(16)6-8-14-4/h10-12,14H,6-9H2,1-5H3. The molecule has 2 unspecified atom stereocenters. The summed E-state index contributed by atoms with van der Waals surface area (Å²) in [5.74, 6) is 0.277. The highest BCUT2D eigenvalue weighted by Gasteiger charge is 2.34. The number of hydrogen-bond acceptors (Lipinski definition) is 3. The quantitative estimate of drug-likeness (QED) is 0.795. The molecule has 1 fully saturated rings. The molecule has 4 heteroatoms. The molecule has 0 radical (unpaired) electrons. The molecule has 1 saturated heterocycles. The lowest BCUT2D eigenvalue weighted by Crippen LogP contribution is -2.49. The van der Waals surface area contributed by atoms with Gasteiger partial charge in [0.1, 0.15) is 0 Å². The fourth-order valence-electron chi connectivity index (χ4n) is 2.47. The molecule has 0 aromatic carbocycles. The van der Waals surface area contributed by atoms with Gasteiger partial charge >= 0.3 is 0 Å². The SMILES string of the molecule is CNCCC1C(=O)N(C)C(C)CCN1C(C)C. The van der Waals surface area contributed by atoms with Crippen molar-refractivity contribution in [1.82, 2.24) is 15.1 Å². The first kappa shape index (κ1) is 14.5. The second-order valence-electron chi connectivity index (χ2n) is 5.33. The fourth-order valence-corrected chi connectivity index (χ4v) is 2.47. The van der Waals surface area contributed by atoms with Crippen molar-refractivity contribution in [3.05, 3.63) is 0 Å². The average molecular weight is 241 g/mol. The van der Waals surface area contributed by atoms with Crippen LogP contribution in [-0.4, -0.2) is 61.0 Å². The Hall–Kier alpha value is -0.610. The Morgan fingerprint density at radius 2 is 2.12 bits per heavy atom. The molecule has 1 aliphatic rings. The van der Waals surface area contributed by atoms with Crippen molar-refractivity contribution < 1.29 is 4.79 Å². The maximum absolute atomic E-state index is 12.4. The van der Waals surface area contributed by atoms with Crippen LogP contribution in [0, 0.1) is 0 Å². The number of amides is 1. The Labute approximate surface area is 105 Å². The van der Waals surface area contributed by atoms with Crippen LogP contribution in [0.15, 0.2) is 0 Å². The van der Waals surface area contributed by atoms with Crippen LogP contribution < -0.4 is 5.32 Å². The van der Waals surface area contributed by atoms with Crippen molar-refractivity contribution >= 4 is 5.91 Å². The van der Waals surface area contributed by atoms with Gasteiger partial charge in [0, 0.05) is 25.7 Å². The van der Waals surface area contributed by atoms with E-state index >= 15 is 0 Å². The maximum Gasteiger partial charge on any atom is 0.239 e. The van der Waals surface area contributed by atoms with E-state index in [1.54, 1.807) is 0 Å². The molecule has 1 N–H and O–H groups in total. The third-order valence-electron chi connectivity index (χ3n) is 3.83. The average Bonchev–Trinajstić information content (AvgIpc) is 2.39. The van der Waals surface area contributed by atoms with Crippen molar-refractivity contribution in [1.29, 1.82) is 0 Å². The number of hydrogen-bond donors (Lipinski definition) is 1. The van der Waals surface area contributed by atoms with Gasteiger partial charge in [0.15, 0.2) is 0 Å². The molecule has 0 bridgehead atoms. The smallest absolute Gasteiger partial charge is 0.239 e. The van der Waals surface area contributed by atoms with Crippen LogP contribution in [0.5, 0.6) is 0 Å². The zero-order valence-corrected chi connectivity index (χ0v) is 11.9. The summed E-state index contributed by atoms with van der Waals surface area (Å²) in [7, 11) is 3.87. The predicted octanol–water partition coefficient (Wildman–Crippen LogP) is 0.926. The summed E-state index contributed by atoms with van der Waals surface area (Å²) < 4.78 is 0. The van der Waals surface area contributed by atoms with Gasteiger partial charge in [0.2, 0.25) is 5.91 Å². The number of carbonyl (C=O) groups excluding carboxylic acids is 1. The number of rotatable bonds is 4. The van der Waals surface area contributed by atoms with Gasteiger partial charge in [-0.2, -0.15) is 0 Å². The number of carbonyl (C=O) groups is 1. The molecule has 1 rings (SSSR count). The summed E-state index contributed by atoms with van der Waals surface area (Å²) >= 11 is 0. The Morgan fingerprint density at radius 1 is 1.47 bits per heavy atom. The van der Waals surface area contributed by atoms with Gasteiger partial charge in [-0.3, -0.25) is 9.69 Å². The van der Waals surface area contributed by atoms with Gasteiger partial charge in [-0.25, -0.2) is 0 Å². The summed E-state index contributed by atoms with van der Waals surface area (Å²) in [6, 6.07) is 0.820. The highest BCUT2D eigenvalue weighted by Crippen LogP contribution is 2.19. The van der Waals surface area contributed by atoms with Crippen molar-refractivity contribution in [2.75, 3.05) is 27.2 Å². The maximum atomic E-state index is 12.4. The van der Waals surface area contributed by atoms with E-state index in [1.165, 1.54) is 0 Å². The Bertz CT molecular complexity index is 255. The minimum atomic E-state index is 0.0393. The van der Waals surface area contributed by atoms with E-state index in [9.17, 15) is 4.79 Å². The van der Waals surface area contributed by atoms with E-state index in [4.69, 9.17) is 0 Å². The molecular formula is C13H27N3O. The van der Waals surface area contributed by atoms with Crippen LogP contribution in [0.1, 0.15) is 33.6 Å². The minimum Gasteiger partial charge on any atom is -0.342 e. The first-order valence-electron chi connectivity index (χ1n) is 6.66. The molecule has 0 aromatic rings. The van der Waals surface area contributed by atoms with Gasteiger partial charge in [0.05, 0.1) is 6.04 Å². The molecule has 0 aliphatic carbocycles. The number of nitrogens with zero attached hydrogens (tertiary/aromatic N) is 2. The minimum absolute atomic E-state index is 0.0393. The molecule has 17 heavy (non-hydrogen) atoms. The lowest BCUT2D eigenvalue weighted by atomic mass is 10.1. The molecule has 1 amide bonds. The summed E-state index contributed by atoms with van der Waals surface area (Å²) in [6.45, 7) is 8.40. The Kier molecular flexibility index (Phi) is 5.40. The zero-order valence-electron chi connectivity index (χ0n) is 11.9. The summed E-state index contributed by atoms with van der Waals surface area (Å²) in [4.78, 5) is 16.7.